The van der Waals surface area contributed by atoms with Crippen LogP contribution >= 0.6 is 0 Å². The van der Waals surface area contributed by atoms with Gasteiger partial charge in [-0.1, -0.05) is 6.07 Å². The molecule has 3 aliphatic rings. The third kappa shape index (κ3) is 9.81. The number of aromatic nitrogens is 1. The molecule has 0 aromatic carbocycles. The van der Waals surface area contributed by atoms with Gasteiger partial charge in [-0.25, -0.2) is 18.4 Å². The lowest BCUT2D eigenvalue weighted by Crippen LogP contribution is -2.72. The van der Waals surface area contributed by atoms with E-state index in [-0.39, 0.29) is 24.3 Å². The third-order valence-electron chi connectivity index (χ3n) is 5.99. The molecule has 226 valence electrons. The number of halogens is 8. The molecule has 3 heterocycles. The monoisotopic (exact) mass is 594 g/mol. The molecule has 3 fully saturated rings. The highest BCUT2D eigenvalue weighted by molar-refractivity contribution is 5.82. The summed E-state index contributed by atoms with van der Waals surface area (Å²) in [5.74, 6) is -8.35. The van der Waals surface area contributed by atoms with Gasteiger partial charge >= 0.3 is 24.3 Å². The lowest BCUT2D eigenvalue weighted by Gasteiger charge is -2.55. The van der Waals surface area contributed by atoms with Crippen LogP contribution in [0, 0.1) is 0 Å². The van der Waals surface area contributed by atoms with Gasteiger partial charge < -0.3 is 20.3 Å². The number of aliphatic carboxylic acids is 2. The summed E-state index contributed by atoms with van der Waals surface area (Å²) in [5, 5.41) is 17.0. The van der Waals surface area contributed by atoms with E-state index in [1.807, 2.05) is 24.2 Å². The fraction of sp³-hybridized carbons (Fsp3) is 0.636. The zero-order chi connectivity index (χ0) is 30.5. The zero-order valence-corrected chi connectivity index (χ0v) is 20.8. The van der Waals surface area contributed by atoms with Crippen LogP contribution in [0.15, 0.2) is 24.5 Å². The fourth-order valence-electron chi connectivity index (χ4n) is 4.15. The number of hydrogen-bond acceptors (Lipinski definition) is 7. The Morgan fingerprint density at radius 2 is 1.57 bits per heavy atom. The molecule has 0 bridgehead atoms. The Hall–Kier alpha value is -3.12. The molecule has 1 aromatic heterocycles. The lowest BCUT2D eigenvalue weighted by atomic mass is 9.87. The van der Waals surface area contributed by atoms with E-state index in [4.69, 9.17) is 24.5 Å². The van der Waals surface area contributed by atoms with Crippen LogP contribution in [-0.4, -0.2) is 112 Å². The Bertz CT molecular complexity index is 1000. The molecule has 1 unspecified atom stereocenters. The first-order chi connectivity index (χ1) is 18.2. The van der Waals surface area contributed by atoms with Gasteiger partial charge in [0.25, 0.3) is 5.92 Å². The molecule has 0 radical (unpaired) electrons. The molecule has 3 N–H and O–H groups in total. The highest BCUT2D eigenvalue weighted by Crippen LogP contribution is 2.37. The normalized spacial score (nSPS) is 22.4. The van der Waals surface area contributed by atoms with Crippen molar-refractivity contribution in [2.75, 3.05) is 33.3 Å². The van der Waals surface area contributed by atoms with Crippen LogP contribution in [-0.2, 0) is 25.7 Å². The topological polar surface area (TPSA) is 132 Å². The summed E-state index contributed by atoms with van der Waals surface area (Å²) in [7, 11) is 1.90. The molecular weight excluding hydrogens is 568 g/mol. The van der Waals surface area contributed by atoms with Crippen molar-refractivity contribution in [2.24, 2.45) is 0 Å². The molecule has 1 aliphatic carbocycles. The number of nitrogens with zero attached hydrogens (tertiary/aromatic N) is 3. The Morgan fingerprint density at radius 1 is 1.05 bits per heavy atom. The van der Waals surface area contributed by atoms with Crippen LogP contribution < -0.4 is 5.32 Å². The van der Waals surface area contributed by atoms with Crippen LogP contribution in [0.3, 0.4) is 0 Å². The van der Waals surface area contributed by atoms with Crippen LogP contribution in [0.5, 0.6) is 0 Å². The van der Waals surface area contributed by atoms with E-state index in [9.17, 15) is 39.9 Å². The van der Waals surface area contributed by atoms with E-state index in [0.717, 1.165) is 19.6 Å². The van der Waals surface area contributed by atoms with E-state index in [0.29, 0.717) is 13.2 Å². The van der Waals surface area contributed by atoms with Gasteiger partial charge in [-0.2, -0.15) is 26.3 Å². The summed E-state index contributed by atoms with van der Waals surface area (Å²) < 4.78 is 95.3. The average molecular weight is 594 g/mol. The number of carboxylic acid groups (broad SMARTS) is 2. The van der Waals surface area contributed by atoms with Crippen LogP contribution in [0.25, 0.3) is 0 Å². The van der Waals surface area contributed by atoms with E-state index in [1.54, 1.807) is 6.20 Å². The first kappa shape index (κ1) is 33.1. The quantitative estimate of drug-likeness (QED) is 0.449. The van der Waals surface area contributed by atoms with E-state index in [2.05, 4.69) is 21.3 Å². The van der Waals surface area contributed by atoms with Crippen molar-refractivity contribution in [1.29, 1.82) is 0 Å². The number of likely N-dealkylation sites (tertiary alicyclic amines) is 1. The van der Waals surface area contributed by atoms with Crippen molar-refractivity contribution in [3.05, 3.63) is 30.1 Å². The molecular formula is C22H26F8N4O6. The summed E-state index contributed by atoms with van der Waals surface area (Å²) in [6, 6.07) is 3.15. The van der Waals surface area contributed by atoms with Crippen molar-refractivity contribution in [3.8, 4) is 0 Å². The number of nitrogens with one attached hydrogen (secondary N) is 1. The number of hydrogen-bond donors (Lipinski definition) is 3. The maximum Gasteiger partial charge on any atom is 0.490 e. The van der Waals surface area contributed by atoms with Crippen molar-refractivity contribution in [1.82, 2.24) is 20.1 Å². The molecule has 1 saturated carbocycles. The molecule has 18 heteroatoms. The van der Waals surface area contributed by atoms with Gasteiger partial charge in [-0.05, 0) is 18.7 Å². The number of likely N-dealkylation sites (N-methyl/N-ethyl adjacent to an activating group) is 1. The molecule has 2 aliphatic heterocycles. The first-order valence-electron chi connectivity index (χ1n) is 11.5. The second-order valence-electron chi connectivity index (χ2n) is 9.51. The standard InChI is InChI=1S/C18H24F2N4O2.2C2HF3O2/c1-23-10-17(11-24(12-17)8-13-3-2-4-21-7-13)26-9-15(23)16(25)22-14-5-18(19,20)6-14;2*3-2(4,5)1(6)7/h2-4,7,14-15H,5-6,8-12H2,1H3,(H,22,25);2*(H,6,7). The van der Waals surface area contributed by atoms with E-state index >= 15 is 0 Å². The van der Waals surface area contributed by atoms with Gasteiger partial charge in [0.2, 0.25) is 5.91 Å². The molecule has 40 heavy (non-hydrogen) atoms. The van der Waals surface area contributed by atoms with Gasteiger partial charge in [0.1, 0.15) is 11.6 Å². The summed E-state index contributed by atoms with van der Waals surface area (Å²) in [5.41, 5.74) is 0.929. The maximum atomic E-state index is 12.9. The number of ether oxygens (including phenoxy) is 1. The summed E-state index contributed by atoms with van der Waals surface area (Å²) >= 11 is 0. The number of amides is 1. The van der Waals surface area contributed by atoms with Crippen molar-refractivity contribution in [2.45, 2.75) is 55.3 Å². The van der Waals surface area contributed by atoms with Gasteiger partial charge in [-0.15, -0.1) is 0 Å². The number of carbonyl (C=O) groups is 3. The second-order valence-corrected chi connectivity index (χ2v) is 9.51. The van der Waals surface area contributed by atoms with Gasteiger partial charge in [-0.3, -0.25) is 19.6 Å². The molecule has 10 nitrogen and oxygen atoms in total. The smallest absolute Gasteiger partial charge is 0.475 e. The number of morpholine rings is 1. The number of alkyl halides is 8. The minimum atomic E-state index is -5.08. The largest absolute Gasteiger partial charge is 0.490 e. The second kappa shape index (κ2) is 12.6. The van der Waals surface area contributed by atoms with Crippen molar-refractivity contribution < 1.29 is 64.5 Å². The molecule has 1 spiro atoms. The average Bonchev–Trinajstić information content (AvgIpc) is 2.77. The number of rotatable bonds is 4. The fourth-order valence-corrected chi connectivity index (χ4v) is 4.15. The van der Waals surface area contributed by atoms with Crippen molar-refractivity contribution in [3.63, 3.8) is 0 Å². The van der Waals surface area contributed by atoms with E-state index in [1.165, 1.54) is 5.56 Å². The Morgan fingerprint density at radius 3 is 1.98 bits per heavy atom. The van der Waals surface area contributed by atoms with E-state index < -0.39 is 42.3 Å². The summed E-state index contributed by atoms with van der Waals surface area (Å²) in [4.78, 5) is 38.5. The predicted octanol–water partition coefficient (Wildman–Crippen LogP) is 2.15. The third-order valence-corrected chi connectivity index (χ3v) is 5.99. The van der Waals surface area contributed by atoms with Crippen LogP contribution in [0.1, 0.15) is 18.4 Å². The number of carbonyl (C=O) groups excluding carboxylic acids is 1. The molecule has 4 rings (SSSR count). The molecule has 1 aromatic rings. The van der Waals surface area contributed by atoms with Gasteiger partial charge in [0, 0.05) is 57.5 Å². The van der Waals surface area contributed by atoms with Crippen molar-refractivity contribution >= 4 is 17.8 Å². The van der Waals surface area contributed by atoms with Gasteiger partial charge in [0.05, 0.1) is 6.61 Å². The Kier molecular flexibility index (Phi) is 10.4. The van der Waals surface area contributed by atoms with Crippen LogP contribution in [0.2, 0.25) is 0 Å². The molecule has 2 saturated heterocycles. The molecule has 1 atom stereocenters. The summed E-state index contributed by atoms with van der Waals surface area (Å²) in [6.45, 7) is 3.43. The highest BCUT2D eigenvalue weighted by Gasteiger charge is 2.51. The SMILES string of the molecule is CN1CC2(CN(Cc3cccnc3)C2)OCC1C(=O)NC1CC(F)(F)C1.O=C(O)C(F)(F)F.O=C(O)C(F)(F)F. The van der Waals surface area contributed by atoms with Gasteiger partial charge in [0.15, 0.2) is 0 Å². The van der Waals surface area contributed by atoms with Crippen LogP contribution in [0.4, 0.5) is 35.1 Å². The Balaban J connectivity index is 0.000000333. The Labute approximate surface area is 221 Å². The predicted molar refractivity (Wildman–Crippen MR) is 118 cm³/mol. The highest BCUT2D eigenvalue weighted by atomic mass is 19.4. The maximum absolute atomic E-state index is 12.9. The zero-order valence-electron chi connectivity index (χ0n) is 20.8. The minimum Gasteiger partial charge on any atom is -0.475 e. The lowest BCUT2D eigenvalue weighted by molar-refractivity contribution is -0.199. The number of carboxylic acids is 2. The first-order valence-corrected chi connectivity index (χ1v) is 11.5. The molecule has 1 amide bonds. The minimum absolute atomic E-state index is 0.214. The number of pyridine rings is 1. The summed E-state index contributed by atoms with van der Waals surface area (Å²) in [6.07, 6.45) is -7.06.